The van der Waals surface area contributed by atoms with Crippen molar-refractivity contribution in [2.75, 3.05) is 6.61 Å². The van der Waals surface area contributed by atoms with E-state index in [-0.39, 0.29) is 41.1 Å². The monoisotopic (exact) mass is 450 g/mol. The largest absolute Gasteiger partial charge is 0.504 e. The third kappa shape index (κ3) is 3.54. The molecule has 2 aliphatic carbocycles. The van der Waals surface area contributed by atoms with Crippen LogP contribution >= 0.6 is 0 Å². The number of aromatic hydroxyl groups is 4. The number of phenols is 4. The zero-order valence-electron chi connectivity index (χ0n) is 19.3. The molecule has 2 aromatic carbocycles. The summed E-state index contributed by atoms with van der Waals surface area (Å²) < 4.78 is 5.67. The van der Waals surface area contributed by atoms with Gasteiger partial charge < -0.3 is 25.2 Å². The summed E-state index contributed by atoms with van der Waals surface area (Å²) in [5, 5.41) is 40.8. The number of phenolic OH excluding ortho intramolecular Hbond substituents is 4. The molecule has 6 heteroatoms. The molecule has 0 saturated heterocycles. The van der Waals surface area contributed by atoms with Crippen LogP contribution in [0.15, 0.2) is 36.4 Å². The van der Waals surface area contributed by atoms with Crippen LogP contribution in [-0.2, 0) is 4.74 Å². The second-order valence-electron chi connectivity index (χ2n) is 9.81. The van der Waals surface area contributed by atoms with Crippen LogP contribution in [0, 0.1) is 10.8 Å². The van der Waals surface area contributed by atoms with Gasteiger partial charge in [0.05, 0.1) is 12.2 Å². The van der Waals surface area contributed by atoms with Crippen molar-refractivity contribution in [2.24, 2.45) is 10.8 Å². The fourth-order valence-corrected chi connectivity index (χ4v) is 4.98. The first kappa shape index (κ1) is 22.8. The molecule has 6 nitrogen and oxygen atoms in total. The van der Waals surface area contributed by atoms with E-state index >= 15 is 0 Å². The molecule has 0 saturated carbocycles. The second kappa shape index (κ2) is 7.87. The van der Waals surface area contributed by atoms with Crippen molar-refractivity contribution in [3.8, 4) is 23.0 Å². The lowest BCUT2D eigenvalue weighted by Crippen LogP contribution is -2.44. The lowest BCUT2D eigenvalue weighted by atomic mass is 9.54. The van der Waals surface area contributed by atoms with E-state index < -0.39 is 16.8 Å². The summed E-state index contributed by atoms with van der Waals surface area (Å²) in [6.45, 7) is 8.17. The van der Waals surface area contributed by atoms with Crippen molar-refractivity contribution >= 4 is 17.6 Å². The summed E-state index contributed by atoms with van der Waals surface area (Å²) in [5.74, 6) is -1.41. The normalized spacial score (nSPS) is 23.6. The van der Waals surface area contributed by atoms with Gasteiger partial charge in [0, 0.05) is 22.0 Å². The Balaban J connectivity index is 1.67. The number of rotatable bonds is 4. The molecule has 0 heterocycles. The number of allylic oxidation sites excluding steroid dienone is 3. The second-order valence-corrected chi connectivity index (χ2v) is 9.81. The number of carbonyl (C=O) groups excluding carboxylic acids is 1. The predicted octanol–water partition coefficient (Wildman–Crippen LogP) is 5.71. The van der Waals surface area contributed by atoms with Crippen molar-refractivity contribution in [2.45, 2.75) is 46.5 Å². The van der Waals surface area contributed by atoms with E-state index in [1.54, 1.807) is 0 Å². The van der Waals surface area contributed by atoms with E-state index in [1.807, 2.05) is 26.0 Å². The Bertz CT molecular complexity index is 1190. The van der Waals surface area contributed by atoms with E-state index in [9.17, 15) is 25.2 Å². The highest BCUT2D eigenvalue weighted by Gasteiger charge is 2.50. The molecular weight excluding hydrogens is 420 g/mol. The van der Waals surface area contributed by atoms with Gasteiger partial charge in [-0.15, -0.1) is 0 Å². The van der Waals surface area contributed by atoms with Gasteiger partial charge in [0.1, 0.15) is 0 Å². The fraction of sp³-hybridized carbons (Fsp3) is 0.370. The van der Waals surface area contributed by atoms with Gasteiger partial charge in [0.15, 0.2) is 23.0 Å². The van der Waals surface area contributed by atoms with E-state index in [4.69, 9.17) is 4.74 Å². The maximum atomic E-state index is 12.6. The quantitative estimate of drug-likeness (QED) is 0.351. The molecule has 2 aromatic rings. The van der Waals surface area contributed by atoms with Gasteiger partial charge in [-0.2, -0.15) is 0 Å². The maximum Gasteiger partial charge on any atom is 0.338 e. The summed E-state index contributed by atoms with van der Waals surface area (Å²) in [6.07, 6.45) is 7.66. The Labute approximate surface area is 193 Å². The first-order valence-corrected chi connectivity index (χ1v) is 11.2. The molecule has 0 bridgehead atoms. The van der Waals surface area contributed by atoms with Gasteiger partial charge in [-0.3, -0.25) is 0 Å². The average Bonchev–Trinajstić information content (AvgIpc) is 2.77. The van der Waals surface area contributed by atoms with E-state index in [1.165, 1.54) is 18.2 Å². The van der Waals surface area contributed by atoms with Crippen molar-refractivity contribution in [1.82, 2.24) is 0 Å². The molecule has 2 unspecified atom stereocenters. The minimum atomic E-state index is -0.589. The van der Waals surface area contributed by atoms with Gasteiger partial charge >= 0.3 is 5.97 Å². The van der Waals surface area contributed by atoms with Crippen LogP contribution in [0.3, 0.4) is 0 Å². The highest BCUT2D eigenvalue weighted by molar-refractivity contribution is 5.91. The molecule has 0 radical (unpaired) electrons. The van der Waals surface area contributed by atoms with Crippen molar-refractivity contribution in [1.29, 1.82) is 0 Å². The maximum absolute atomic E-state index is 12.6. The van der Waals surface area contributed by atoms with Crippen LogP contribution in [0.2, 0.25) is 0 Å². The van der Waals surface area contributed by atoms with Gasteiger partial charge in [0.25, 0.3) is 0 Å². The Hall–Kier alpha value is -3.41. The summed E-state index contributed by atoms with van der Waals surface area (Å²) in [5.41, 5.74) is 2.23. The van der Waals surface area contributed by atoms with Crippen LogP contribution in [0.1, 0.15) is 73.5 Å². The smallest absolute Gasteiger partial charge is 0.338 e. The summed E-state index contributed by atoms with van der Waals surface area (Å²) >= 11 is 0. The summed E-state index contributed by atoms with van der Waals surface area (Å²) in [6, 6.07) is 5.75. The molecule has 0 aromatic heterocycles. The number of esters is 1. The Morgan fingerprint density at radius 1 is 1.06 bits per heavy atom. The topological polar surface area (TPSA) is 107 Å². The number of carbonyl (C=O) groups is 1. The van der Waals surface area contributed by atoms with Crippen LogP contribution in [0.25, 0.3) is 11.6 Å². The first-order valence-electron chi connectivity index (χ1n) is 11.2. The number of hydrogen-bond donors (Lipinski definition) is 4. The van der Waals surface area contributed by atoms with Gasteiger partial charge in [-0.25, -0.2) is 4.79 Å². The molecule has 4 N–H and O–H groups in total. The predicted molar refractivity (Wildman–Crippen MR) is 126 cm³/mol. The van der Waals surface area contributed by atoms with Crippen LogP contribution in [-0.4, -0.2) is 33.0 Å². The summed E-state index contributed by atoms with van der Waals surface area (Å²) in [4.78, 5) is 12.6. The van der Waals surface area contributed by atoms with Crippen molar-refractivity contribution in [3.63, 3.8) is 0 Å². The fourth-order valence-electron chi connectivity index (χ4n) is 4.98. The van der Waals surface area contributed by atoms with E-state index in [0.29, 0.717) is 11.1 Å². The minimum absolute atomic E-state index is 0.0623. The number of ether oxygens (including phenoxy) is 1. The zero-order valence-corrected chi connectivity index (χ0v) is 19.3. The standard InChI is InChI=1S/C27H30O6/c1-15(2)18-12-16-9-11-27(4)19(22(16)24(31)23(18)30)6-5-10-26(27,3)14-33-25(32)17-7-8-20(28)21(29)13-17/h6-9,11-13,15,28-31H,5,10,14H2,1-4H3. The van der Waals surface area contributed by atoms with Crippen molar-refractivity contribution in [3.05, 3.63) is 58.7 Å². The van der Waals surface area contributed by atoms with Crippen molar-refractivity contribution < 1.29 is 30.0 Å². The van der Waals surface area contributed by atoms with Crippen LogP contribution in [0.5, 0.6) is 23.0 Å². The van der Waals surface area contributed by atoms with E-state index in [2.05, 4.69) is 26.0 Å². The lowest BCUT2D eigenvalue weighted by molar-refractivity contribution is 0.00918. The van der Waals surface area contributed by atoms with Gasteiger partial charge in [-0.05, 0) is 54.2 Å². The summed E-state index contributed by atoms with van der Waals surface area (Å²) in [7, 11) is 0. The molecule has 2 aliphatic rings. The van der Waals surface area contributed by atoms with Gasteiger partial charge in [0.2, 0.25) is 0 Å². The lowest BCUT2D eigenvalue weighted by Gasteiger charge is -2.50. The Morgan fingerprint density at radius 3 is 2.45 bits per heavy atom. The highest BCUT2D eigenvalue weighted by atomic mass is 16.5. The first-order chi connectivity index (χ1) is 15.5. The van der Waals surface area contributed by atoms with E-state index in [0.717, 1.165) is 24.0 Å². The van der Waals surface area contributed by atoms with Crippen LogP contribution in [0.4, 0.5) is 0 Å². The highest BCUT2D eigenvalue weighted by Crippen LogP contribution is 2.60. The third-order valence-electron chi connectivity index (χ3n) is 7.41. The number of benzene rings is 2. The number of fused-ring (bicyclic) bond motifs is 3. The Morgan fingerprint density at radius 2 is 1.79 bits per heavy atom. The third-order valence-corrected chi connectivity index (χ3v) is 7.41. The average molecular weight is 451 g/mol. The molecule has 174 valence electrons. The molecule has 2 atom stereocenters. The molecule has 0 amide bonds. The zero-order chi connectivity index (χ0) is 24.1. The Kier molecular flexibility index (Phi) is 5.43. The minimum Gasteiger partial charge on any atom is -0.504 e. The molecule has 0 aliphatic heterocycles. The molecule has 0 fully saturated rings. The van der Waals surface area contributed by atoms with Crippen LogP contribution < -0.4 is 0 Å². The molecule has 33 heavy (non-hydrogen) atoms. The SMILES string of the molecule is CC(C)c1cc2c(c(O)c1O)C1=CCCC(C)(COC(=O)c3ccc(O)c(O)c3)C1(C)C=C2. The molecule has 0 spiro atoms. The number of hydrogen-bond acceptors (Lipinski definition) is 6. The van der Waals surface area contributed by atoms with Gasteiger partial charge in [-0.1, -0.05) is 45.9 Å². The molecular formula is C27H30O6. The molecule has 4 rings (SSSR count).